The summed E-state index contributed by atoms with van der Waals surface area (Å²) in [5.74, 6) is -6.97. The number of rotatable bonds is 21. The Labute approximate surface area is 299 Å². The molecule has 2 aliphatic heterocycles. The van der Waals surface area contributed by atoms with E-state index in [9.17, 15) is 43.2 Å². The van der Waals surface area contributed by atoms with Crippen LogP contribution in [0.3, 0.4) is 0 Å². The first kappa shape index (κ1) is 42.6. The molecule has 8 amide bonds. The molecule has 0 bridgehead atoms. The summed E-state index contributed by atoms with van der Waals surface area (Å²) in [5.41, 5.74) is 26.8. The molecule has 22 nitrogen and oxygen atoms in total. The molecule has 2 saturated heterocycles. The minimum absolute atomic E-state index is 0.0312. The summed E-state index contributed by atoms with van der Waals surface area (Å²) < 4.78 is 0. The zero-order valence-electron chi connectivity index (χ0n) is 28.8. The normalized spacial score (nSPS) is 18.3. The highest BCUT2D eigenvalue weighted by molar-refractivity contribution is 5.97. The Bertz CT molecular complexity index is 1390. The van der Waals surface area contributed by atoms with Gasteiger partial charge in [0.05, 0.1) is 12.6 Å². The molecule has 2 heterocycles. The summed E-state index contributed by atoms with van der Waals surface area (Å²) in [4.78, 5) is 119. The topological polar surface area (TPSA) is 371 Å². The lowest BCUT2D eigenvalue weighted by atomic mass is 10.1. The van der Waals surface area contributed by atoms with Gasteiger partial charge < -0.3 is 64.8 Å². The Morgan fingerprint density at radius 3 is 1.94 bits per heavy atom. The number of nitrogens with two attached hydrogens (primary N) is 5. The highest BCUT2D eigenvalue weighted by Crippen LogP contribution is 2.26. The molecular weight excluding hydrogens is 688 g/mol. The standard InChI is InChI=1S/C30H50N12O10/c31-16(7-9-21(32)43)25(48)37-14-23(45)39-18(4-1-11-36-30(34)35)28(51)42-13-3-6-20(42)29(52)41-12-2-5-19(41)27(50)40-17(8-10-22(33)44)26(49)38-15-24(46)47/h16-20H,1-15,31H2,(H2,32,43)(H2,33,44)(H,37,48)(H,38,49)(H,39,45)(H,40,50)(H,46,47)(H4,34,35,36)/t16-,17-,18-,19-,20-/m0/s1. The first-order valence-electron chi connectivity index (χ1n) is 16.9. The van der Waals surface area contributed by atoms with Crippen molar-refractivity contribution in [2.45, 2.75) is 94.4 Å². The molecular formula is C30H50N12O10. The molecule has 0 unspecified atom stereocenters. The number of carboxylic acid groups (broad SMARTS) is 1. The van der Waals surface area contributed by atoms with E-state index in [1.165, 1.54) is 9.80 Å². The maximum absolute atomic E-state index is 13.9. The van der Waals surface area contributed by atoms with Crippen LogP contribution in [0.4, 0.5) is 0 Å². The van der Waals surface area contributed by atoms with E-state index in [0.717, 1.165) is 0 Å². The number of hydrogen-bond acceptors (Lipinski definition) is 11. The largest absolute Gasteiger partial charge is 0.480 e. The quantitative estimate of drug-likeness (QED) is 0.0298. The average molecular weight is 739 g/mol. The summed E-state index contributed by atoms with van der Waals surface area (Å²) in [6.45, 7) is -0.785. The maximum Gasteiger partial charge on any atom is 0.322 e. The van der Waals surface area contributed by atoms with E-state index in [1.54, 1.807) is 0 Å². The lowest BCUT2D eigenvalue weighted by Gasteiger charge is -2.33. The zero-order chi connectivity index (χ0) is 39.0. The molecule has 15 N–H and O–H groups in total. The van der Waals surface area contributed by atoms with Crippen molar-refractivity contribution in [1.29, 1.82) is 0 Å². The predicted octanol–water partition coefficient (Wildman–Crippen LogP) is -5.83. The van der Waals surface area contributed by atoms with Crippen molar-refractivity contribution in [3.8, 4) is 0 Å². The van der Waals surface area contributed by atoms with Gasteiger partial charge in [0.2, 0.25) is 47.3 Å². The van der Waals surface area contributed by atoms with Crippen LogP contribution in [0.15, 0.2) is 4.99 Å². The van der Waals surface area contributed by atoms with Gasteiger partial charge in [-0.25, -0.2) is 0 Å². The van der Waals surface area contributed by atoms with Crippen LogP contribution < -0.4 is 49.9 Å². The molecule has 0 aromatic carbocycles. The number of nitrogens with zero attached hydrogens (tertiary/aromatic N) is 3. The molecule has 2 rings (SSSR count). The van der Waals surface area contributed by atoms with Crippen molar-refractivity contribution >= 4 is 59.2 Å². The van der Waals surface area contributed by atoms with E-state index >= 15 is 0 Å². The van der Waals surface area contributed by atoms with Crippen molar-refractivity contribution in [2.75, 3.05) is 32.7 Å². The number of nitrogens with one attached hydrogen (secondary N) is 4. The van der Waals surface area contributed by atoms with Gasteiger partial charge in [0.25, 0.3) is 0 Å². The molecule has 0 aliphatic carbocycles. The number of hydrogen-bond donors (Lipinski definition) is 10. The van der Waals surface area contributed by atoms with Gasteiger partial charge in [0.1, 0.15) is 30.7 Å². The van der Waals surface area contributed by atoms with Crippen molar-refractivity contribution in [3.63, 3.8) is 0 Å². The fourth-order valence-corrected chi connectivity index (χ4v) is 5.82. The van der Waals surface area contributed by atoms with Gasteiger partial charge in [-0.05, 0) is 51.4 Å². The molecule has 22 heteroatoms. The van der Waals surface area contributed by atoms with Gasteiger partial charge >= 0.3 is 5.97 Å². The summed E-state index contributed by atoms with van der Waals surface area (Å²) in [5, 5.41) is 18.5. The number of carboxylic acids is 1. The first-order chi connectivity index (χ1) is 24.5. The van der Waals surface area contributed by atoms with E-state index < -0.39 is 96.5 Å². The van der Waals surface area contributed by atoms with Gasteiger partial charge in [-0.2, -0.15) is 0 Å². The van der Waals surface area contributed by atoms with Crippen molar-refractivity contribution in [3.05, 3.63) is 0 Å². The second-order valence-electron chi connectivity index (χ2n) is 12.5. The molecule has 0 saturated carbocycles. The molecule has 290 valence electrons. The minimum atomic E-state index is -1.32. The average Bonchev–Trinajstić information content (AvgIpc) is 3.78. The minimum Gasteiger partial charge on any atom is -0.480 e. The number of guanidine groups is 1. The number of carbonyl (C=O) groups is 9. The predicted molar refractivity (Wildman–Crippen MR) is 182 cm³/mol. The molecule has 2 aliphatic rings. The summed E-state index contributed by atoms with van der Waals surface area (Å²) >= 11 is 0. The van der Waals surface area contributed by atoms with Gasteiger partial charge in [-0.15, -0.1) is 0 Å². The second kappa shape index (κ2) is 21.0. The molecule has 52 heavy (non-hydrogen) atoms. The van der Waals surface area contributed by atoms with Crippen LogP contribution in [0.25, 0.3) is 0 Å². The number of carbonyl (C=O) groups excluding carboxylic acids is 8. The van der Waals surface area contributed by atoms with E-state index in [1.807, 2.05) is 0 Å². The monoisotopic (exact) mass is 738 g/mol. The Hall–Kier alpha value is -5.54. The van der Waals surface area contributed by atoms with Gasteiger partial charge in [0.15, 0.2) is 5.96 Å². The van der Waals surface area contributed by atoms with Crippen LogP contribution in [0, 0.1) is 0 Å². The lowest BCUT2D eigenvalue weighted by Crippen LogP contribution is -2.58. The number of aliphatic carboxylic acids is 1. The molecule has 2 fully saturated rings. The molecule has 5 atom stereocenters. The van der Waals surface area contributed by atoms with Gasteiger partial charge in [-0.3, -0.25) is 48.1 Å². The Kier molecular flexibility index (Phi) is 17.2. The summed E-state index contributed by atoms with van der Waals surface area (Å²) in [6.07, 6.45) is 1.06. The Balaban J connectivity index is 2.16. The van der Waals surface area contributed by atoms with E-state index in [-0.39, 0.29) is 77.0 Å². The highest BCUT2D eigenvalue weighted by atomic mass is 16.4. The van der Waals surface area contributed by atoms with Crippen LogP contribution in [0.2, 0.25) is 0 Å². The van der Waals surface area contributed by atoms with Crippen LogP contribution in [0.5, 0.6) is 0 Å². The van der Waals surface area contributed by atoms with Crippen LogP contribution in [0.1, 0.15) is 64.2 Å². The number of aliphatic imine (C=N–C) groups is 1. The van der Waals surface area contributed by atoms with Crippen molar-refractivity contribution in [2.24, 2.45) is 33.7 Å². The summed E-state index contributed by atoms with van der Waals surface area (Å²) in [7, 11) is 0. The van der Waals surface area contributed by atoms with Gasteiger partial charge in [-0.1, -0.05) is 0 Å². The molecule has 0 radical (unpaired) electrons. The maximum atomic E-state index is 13.9. The SMILES string of the molecule is NC(=O)CC[C@H](NC(=O)[C@@H]1CCCN1C(=O)[C@@H]1CCCN1C(=O)[C@H](CCCN=C(N)N)NC(=O)CNC(=O)[C@@H](N)CCC(N)=O)C(=O)NCC(=O)O. The summed E-state index contributed by atoms with van der Waals surface area (Å²) in [6, 6.07) is -5.56. The third kappa shape index (κ3) is 14.0. The second-order valence-corrected chi connectivity index (χ2v) is 12.5. The molecule has 0 aromatic heterocycles. The smallest absolute Gasteiger partial charge is 0.322 e. The van der Waals surface area contributed by atoms with E-state index in [4.69, 9.17) is 33.8 Å². The third-order valence-corrected chi connectivity index (χ3v) is 8.43. The zero-order valence-corrected chi connectivity index (χ0v) is 28.8. The van der Waals surface area contributed by atoms with E-state index in [0.29, 0.717) is 12.8 Å². The number of amides is 8. The highest BCUT2D eigenvalue weighted by Gasteiger charge is 2.44. The molecule has 0 spiro atoms. The van der Waals surface area contributed by atoms with Crippen molar-refractivity contribution in [1.82, 2.24) is 31.1 Å². The third-order valence-electron chi connectivity index (χ3n) is 8.43. The number of primary amides is 2. The van der Waals surface area contributed by atoms with Crippen LogP contribution in [-0.2, 0) is 43.2 Å². The first-order valence-corrected chi connectivity index (χ1v) is 16.9. The fourth-order valence-electron chi connectivity index (χ4n) is 5.82. The Morgan fingerprint density at radius 2 is 1.33 bits per heavy atom. The van der Waals surface area contributed by atoms with Gasteiger partial charge in [0, 0.05) is 32.5 Å². The van der Waals surface area contributed by atoms with Crippen LogP contribution >= 0.6 is 0 Å². The van der Waals surface area contributed by atoms with E-state index in [2.05, 4.69) is 26.3 Å². The van der Waals surface area contributed by atoms with Crippen molar-refractivity contribution < 1.29 is 48.3 Å². The number of likely N-dealkylation sites (tertiary alicyclic amines) is 2. The van der Waals surface area contributed by atoms with Crippen LogP contribution in [-0.4, -0.2) is 137 Å². The Morgan fingerprint density at radius 1 is 0.731 bits per heavy atom. The fraction of sp³-hybridized carbons (Fsp3) is 0.667. The lowest BCUT2D eigenvalue weighted by molar-refractivity contribution is -0.148. The molecule has 0 aromatic rings.